The maximum Gasteiger partial charge on any atom is 0.276 e. The van der Waals surface area contributed by atoms with Gasteiger partial charge in [-0.2, -0.15) is 0 Å². The number of carbonyl (C=O) groups is 2. The maximum absolute atomic E-state index is 11.9. The number of hydrogen-bond donors (Lipinski definition) is 2. The summed E-state index contributed by atoms with van der Waals surface area (Å²) < 4.78 is 6.30. The highest BCUT2D eigenvalue weighted by Crippen LogP contribution is 2.21. The lowest BCUT2D eigenvalue weighted by atomic mass is 10.2. The summed E-state index contributed by atoms with van der Waals surface area (Å²) in [5, 5.41) is 0.654. The number of ether oxygens (including phenoxy) is 1. The Hall–Kier alpha value is -1.76. The van der Waals surface area contributed by atoms with Crippen molar-refractivity contribution in [3.05, 3.63) is 62.0 Å². The second kappa shape index (κ2) is 8.37. The SMILES string of the molecule is Cc1cc(OCC(=O)NNC(=O)c2cc(Cl)cc(Cl)c2)ccc1Br. The van der Waals surface area contributed by atoms with Gasteiger partial charge in [-0.05, 0) is 48.9 Å². The second-order valence-corrected chi connectivity index (χ2v) is 6.59. The van der Waals surface area contributed by atoms with Gasteiger partial charge in [0.05, 0.1) is 0 Å². The summed E-state index contributed by atoms with van der Waals surface area (Å²) in [5.41, 5.74) is 5.74. The van der Waals surface area contributed by atoms with Crippen LogP contribution in [-0.4, -0.2) is 18.4 Å². The van der Waals surface area contributed by atoms with Crippen molar-refractivity contribution in [1.82, 2.24) is 10.9 Å². The smallest absolute Gasteiger partial charge is 0.276 e. The Bertz CT molecular complexity index is 764. The first-order chi connectivity index (χ1) is 11.3. The minimum absolute atomic E-state index is 0.234. The van der Waals surface area contributed by atoms with Crippen molar-refractivity contribution in [2.45, 2.75) is 6.92 Å². The zero-order chi connectivity index (χ0) is 17.7. The highest BCUT2D eigenvalue weighted by molar-refractivity contribution is 9.10. The third-order valence-corrected chi connectivity index (χ3v) is 4.27. The first-order valence-electron chi connectivity index (χ1n) is 6.79. The van der Waals surface area contributed by atoms with Crippen LogP contribution in [0.15, 0.2) is 40.9 Å². The van der Waals surface area contributed by atoms with Crippen molar-refractivity contribution in [2.75, 3.05) is 6.61 Å². The van der Waals surface area contributed by atoms with Gasteiger partial charge < -0.3 is 4.74 Å². The van der Waals surface area contributed by atoms with E-state index in [9.17, 15) is 9.59 Å². The Morgan fingerprint density at radius 3 is 2.38 bits per heavy atom. The number of hydrogen-bond acceptors (Lipinski definition) is 3. The van der Waals surface area contributed by atoms with Crippen LogP contribution in [0.1, 0.15) is 15.9 Å². The van der Waals surface area contributed by atoms with Crippen LogP contribution in [0.3, 0.4) is 0 Å². The number of benzene rings is 2. The average Bonchev–Trinajstić information content (AvgIpc) is 2.52. The summed E-state index contributed by atoms with van der Waals surface area (Å²) >= 11 is 15.0. The number of amides is 2. The topological polar surface area (TPSA) is 67.4 Å². The molecule has 5 nitrogen and oxygen atoms in total. The first kappa shape index (κ1) is 18.6. The summed E-state index contributed by atoms with van der Waals surface area (Å²) in [5.74, 6) is -0.483. The third kappa shape index (κ3) is 5.40. The maximum atomic E-state index is 11.9. The van der Waals surface area contributed by atoms with Crippen molar-refractivity contribution in [1.29, 1.82) is 0 Å². The van der Waals surface area contributed by atoms with Gasteiger partial charge in [0.2, 0.25) is 0 Å². The molecule has 0 heterocycles. The number of aryl methyl sites for hydroxylation is 1. The molecule has 2 aromatic carbocycles. The molecule has 2 rings (SSSR count). The largest absolute Gasteiger partial charge is 0.484 e. The highest BCUT2D eigenvalue weighted by Gasteiger charge is 2.10. The molecule has 126 valence electrons. The Kier molecular flexibility index (Phi) is 6.48. The van der Waals surface area contributed by atoms with Gasteiger partial charge >= 0.3 is 0 Å². The zero-order valence-corrected chi connectivity index (χ0v) is 15.6. The van der Waals surface area contributed by atoms with E-state index in [4.69, 9.17) is 27.9 Å². The van der Waals surface area contributed by atoms with Crippen molar-refractivity contribution < 1.29 is 14.3 Å². The number of halogens is 3. The molecule has 0 saturated heterocycles. The van der Waals surface area contributed by atoms with Gasteiger partial charge in [-0.3, -0.25) is 20.4 Å². The van der Waals surface area contributed by atoms with Gasteiger partial charge in [0.15, 0.2) is 6.61 Å². The Balaban J connectivity index is 1.84. The van der Waals surface area contributed by atoms with E-state index in [0.717, 1.165) is 10.0 Å². The van der Waals surface area contributed by atoms with Crippen LogP contribution < -0.4 is 15.6 Å². The van der Waals surface area contributed by atoms with Crippen LogP contribution >= 0.6 is 39.1 Å². The molecule has 2 aromatic rings. The average molecular weight is 432 g/mol. The molecule has 2 amide bonds. The van der Waals surface area contributed by atoms with Gasteiger partial charge in [-0.1, -0.05) is 39.1 Å². The number of hydrazine groups is 1. The van der Waals surface area contributed by atoms with Crippen LogP contribution in [0.5, 0.6) is 5.75 Å². The molecule has 0 aromatic heterocycles. The predicted octanol–water partition coefficient (Wildman–Crippen LogP) is 3.90. The monoisotopic (exact) mass is 430 g/mol. The predicted molar refractivity (Wildman–Crippen MR) is 96.4 cm³/mol. The molecule has 0 unspecified atom stereocenters. The first-order valence-corrected chi connectivity index (χ1v) is 8.34. The lowest BCUT2D eigenvalue weighted by Gasteiger charge is -2.10. The van der Waals surface area contributed by atoms with E-state index in [0.29, 0.717) is 15.8 Å². The van der Waals surface area contributed by atoms with Crippen LogP contribution in [0, 0.1) is 6.92 Å². The van der Waals surface area contributed by atoms with Crippen LogP contribution in [0.25, 0.3) is 0 Å². The van der Waals surface area contributed by atoms with Gasteiger partial charge in [0, 0.05) is 20.1 Å². The molecule has 8 heteroatoms. The molecule has 0 saturated carbocycles. The summed E-state index contributed by atoms with van der Waals surface area (Å²) in [4.78, 5) is 23.6. The van der Waals surface area contributed by atoms with E-state index in [2.05, 4.69) is 26.8 Å². The van der Waals surface area contributed by atoms with E-state index in [1.165, 1.54) is 18.2 Å². The van der Waals surface area contributed by atoms with Crippen molar-refractivity contribution in [3.8, 4) is 5.75 Å². The van der Waals surface area contributed by atoms with E-state index >= 15 is 0 Å². The minimum Gasteiger partial charge on any atom is -0.484 e. The molecule has 0 aliphatic heterocycles. The summed E-state index contributed by atoms with van der Waals surface area (Å²) in [6, 6.07) is 9.74. The molecule has 2 N–H and O–H groups in total. The molecular formula is C16H13BrCl2N2O3. The lowest BCUT2D eigenvalue weighted by molar-refractivity contribution is -0.123. The van der Waals surface area contributed by atoms with E-state index in [1.54, 1.807) is 12.1 Å². The standard InChI is InChI=1S/C16H13BrCl2N2O3/c1-9-4-13(2-3-14(9)17)24-8-15(22)20-21-16(23)10-5-11(18)7-12(19)6-10/h2-7H,8H2,1H3,(H,20,22)(H,21,23). The molecule has 0 bridgehead atoms. The van der Waals surface area contributed by atoms with Gasteiger partial charge in [0.1, 0.15) is 5.75 Å². The highest BCUT2D eigenvalue weighted by atomic mass is 79.9. The second-order valence-electron chi connectivity index (χ2n) is 4.86. The fraction of sp³-hybridized carbons (Fsp3) is 0.125. The minimum atomic E-state index is -0.535. The van der Waals surface area contributed by atoms with E-state index < -0.39 is 11.8 Å². The van der Waals surface area contributed by atoms with Crippen LogP contribution in [0.2, 0.25) is 10.0 Å². The van der Waals surface area contributed by atoms with Crippen LogP contribution in [0.4, 0.5) is 0 Å². The molecule has 0 aliphatic rings. The Labute approximate surface area is 157 Å². The van der Waals surface area contributed by atoms with E-state index in [1.807, 2.05) is 13.0 Å². The van der Waals surface area contributed by atoms with Gasteiger partial charge in [-0.15, -0.1) is 0 Å². The zero-order valence-electron chi connectivity index (χ0n) is 12.5. The lowest BCUT2D eigenvalue weighted by Crippen LogP contribution is -2.43. The van der Waals surface area contributed by atoms with Crippen molar-refractivity contribution >= 4 is 50.9 Å². The molecule has 0 fully saturated rings. The summed E-state index contributed by atoms with van der Waals surface area (Å²) in [7, 11) is 0. The normalized spacial score (nSPS) is 10.2. The Morgan fingerprint density at radius 1 is 1.08 bits per heavy atom. The van der Waals surface area contributed by atoms with Crippen molar-refractivity contribution in [3.63, 3.8) is 0 Å². The summed E-state index contributed by atoms with van der Waals surface area (Å²) in [6.45, 7) is 1.67. The van der Waals surface area contributed by atoms with Crippen LogP contribution in [-0.2, 0) is 4.79 Å². The van der Waals surface area contributed by atoms with Gasteiger partial charge in [0.25, 0.3) is 11.8 Å². The molecule has 24 heavy (non-hydrogen) atoms. The molecule has 0 aliphatic carbocycles. The number of rotatable bonds is 4. The van der Waals surface area contributed by atoms with E-state index in [-0.39, 0.29) is 12.2 Å². The fourth-order valence-electron chi connectivity index (χ4n) is 1.78. The molecule has 0 spiro atoms. The quantitative estimate of drug-likeness (QED) is 0.721. The van der Waals surface area contributed by atoms with Crippen molar-refractivity contribution in [2.24, 2.45) is 0 Å². The molecule has 0 atom stereocenters. The third-order valence-electron chi connectivity index (χ3n) is 2.94. The molecular weight excluding hydrogens is 419 g/mol. The van der Waals surface area contributed by atoms with Gasteiger partial charge in [-0.25, -0.2) is 0 Å². The Morgan fingerprint density at radius 2 is 1.75 bits per heavy atom. The summed E-state index contributed by atoms with van der Waals surface area (Å²) in [6.07, 6.45) is 0. The fourth-order valence-corrected chi connectivity index (χ4v) is 2.55. The number of nitrogens with one attached hydrogen (secondary N) is 2. The molecule has 0 radical (unpaired) electrons. The number of carbonyl (C=O) groups excluding carboxylic acids is 2.